The first kappa shape index (κ1) is 27.6. The van der Waals surface area contributed by atoms with Crippen LogP contribution in [-0.4, -0.2) is 97.3 Å². The molecule has 8 nitrogen and oxygen atoms in total. The summed E-state index contributed by atoms with van der Waals surface area (Å²) in [5, 5.41) is 21.1. The molecule has 31 heavy (non-hydrogen) atoms. The topological polar surface area (TPSA) is 122 Å². The number of rotatable bonds is 6. The Bertz CT molecular complexity index is 1140. The van der Waals surface area contributed by atoms with Crippen molar-refractivity contribution >= 4 is 86.9 Å². The van der Waals surface area contributed by atoms with Crippen LogP contribution in [0.15, 0.2) is 63.9 Å². The Hall–Kier alpha value is -1.46. The van der Waals surface area contributed by atoms with E-state index in [1.807, 2.05) is 30.3 Å². The van der Waals surface area contributed by atoms with Crippen LogP contribution in [-0.2, 0) is 11.3 Å². The van der Waals surface area contributed by atoms with Crippen LogP contribution in [0.1, 0.15) is 15.9 Å². The first-order valence-electron chi connectivity index (χ1n) is 8.50. The van der Waals surface area contributed by atoms with Crippen LogP contribution < -0.4 is 10.9 Å². The molecule has 1 aromatic heterocycles. The van der Waals surface area contributed by atoms with Gasteiger partial charge >= 0.3 is 65.1 Å². The van der Waals surface area contributed by atoms with Gasteiger partial charge in [-0.3, -0.25) is 19.0 Å². The van der Waals surface area contributed by atoms with Crippen molar-refractivity contribution in [1.29, 1.82) is 0 Å². The summed E-state index contributed by atoms with van der Waals surface area (Å²) < 4.78 is 2.02. The summed E-state index contributed by atoms with van der Waals surface area (Å²) in [7, 11) is 0. The van der Waals surface area contributed by atoms with Gasteiger partial charge in [-0.15, -0.1) is 0 Å². The van der Waals surface area contributed by atoms with Gasteiger partial charge in [-0.05, 0) is 17.7 Å². The molecule has 3 rings (SSSR count). The van der Waals surface area contributed by atoms with Gasteiger partial charge in [0.1, 0.15) is 12.4 Å². The average molecular weight is 506 g/mol. The van der Waals surface area contributed by atoms with Gasteiger partial charge in [0.25, 0.3) is 11.5 Å². The Morgan fingerprint density at radius 1 is 1.06 bits per heavy atom. The van der Waals surface area contributed by atoms with E-state index in [0.717, 1.165) is 10.0 Å². The first-order chi connectivity index (χ1) is 13.9. The van der Waals surface area contributed by atoms with Crippen LogP contribution in [0.3, 0.4) is 0 Å². The fraction of sp³-hybridized carbons (Fsp3) is 0.100. The molecular weight excluding hydrogens is 488 g/mol. The standard InChI is InChI=1S/C20H16BrN3O5.2Na.2H/c21-14-8-4-7-13(9-14)17-23-19(28)16(18(27)22-10-15(25)26)20(29)24(17)11-12-5-2-1-3-6-12;;;;/h1-9,28H,10-11H2,(H,22,27)(H,25,26);;;;. The summed E-state index contributed by atoms with van der Waals surface area (Å²) in [6.07, 6.45) is 0. The number of nitrogens with one attached hydrogen (secondary N) is 1. The van der Waals surface area contributed by atoms with Gasteiger partial charge in [-0.2, -0.15) is 4.98 Å². The summed E-state index contributed by atoms with van der Waals surface area (Å²) in [6, 6.07) is 16.1. The molecule has 152 valence electrons. The van der Waals surface area contributed by atoms with Crippen LogP contribution in [0.25, 0.3) is 11.4 Å². The van der Waals surface area contributed by atoms with Crippen LogP contribution in [0, 0.1) is 0 Å². The second kappa shape index (κ2) is 12.5. The maximum atomic E-state index is 13.1. The zero-order valence-electron chi connectivity index (χ0n) is 15.0. The molecule has 0 atom stereocenters. The SMILES string of the molecule is O=C(O)CNC(=O)c1c(O)nc(-c2cccc(Br)c2)n(Cc2ccccc2)c1=O.[NaH].[NaH]. The van der Waals surface area contributed by atoms with Crippen molar-refractivity contribution in [2.45, 2.75) is 6.54 Å². The second-order valence-corrected chi connectivity index (χ2v) is 7.01. The fourth-order valence-electron chi connectivity index (χ4n) is 2.75. The Kier molecular flexibility index (Phi) is 11.2. The quantitative estimate of drug-likeness (QED) is 0.428. The van der Waals surface area contributed by atoms with Crippen LogP contribution in [0.2, 0.25) is 0 Å². The molecule has 0 bridgehead atoms. The molecule has 0 aliphatic heterocycles. The average Bonchev–Trinajstić information content (AvgIpc) is 2.69. The Balaban J connectivity index is 0.00000240. The van der Waals surface area contributed by atoms with Gasteiger partial charge in [0.05, 0.1) is 6.54 Å². The van der Waals surface area contributed by atoms with Crippen molar-refractivity contribution in [3.8, 4) is 17.3 Å². The summed E-state index contributed by atoms with van der Waals surface area (Å²) in [6.45, 7) is -0.586. The van der Waals surface area contributed by atoms with E-state index in [0.29, 0.717) is 5.56 Å². The predicted molar refractivity (Wildman–Crippen MR) is 123 cm³/mol. The van der Waals surface area contributed by atoms with Crippen LogP contribution in [0.4, 0.5) is 0 Å². The van der Waals surface area contributed by atoms with Crippen molar-refractivity contribution in [2.24, 2.45) is 0 Å². The van der Waals surface area contributed by atoms with E-state index in [1.54, 1.807) is 24.3 Å². The monoisotopic (exact) mass is 505 g/mol. The zero-order valence-corrected chi connectivity index (χ0v) is 16.6. The molecule has 1 amide bonds. The number of benzene rings is 2. The molecule has 0 aliphatic carbocycles. The van der Waals surface area contributed by atoms with Crippen molar-refractivity contribution in [2.75, 3.05) is 6.54 Å². The number of aromatic hydroxyl groups is 1. The third-order valence-corrected chi connectivity index (χ3v) is 4.54. The van der Waals surface area contributed by atoms with Gasteiger partial charge < -0.3 is 15.5 Å². The summed E-state index contributed by atoms with van der Waals surface area (Å²) in [4.78, 5) is 40.2. The van der Waals surface area contributed by atoms with Crippen LogP contribution in [0.5, 0.6) is 5.88 Å². The van der Waals surface area contributed by atoms with E-state index < -0.39 is 35.4 Å². The van der Waals surface area contributed by atoms with Crippen molar-refractivity contribution in [3.63, 3.8) is 0 Å². The normalized spacial score (nSPS) is 9.84. The van der Waals surface area contributed by atoms with E-state index >= 15 is 0 Å². The number of carboxylic acids is 1. The Morgan fingerprint density at radius 3 is 2.35 bits per heavy atom. The molecule has 0 fully saturated rings. The number of aliphatic carboxylic acids is 1. The van der Waals surface area contributed by atoms with E-state index in [4.69, 9.17) is 5.11 Å². The molecule has 0 spiro atoms. The van der Waals surface area contributed by atoms with E-state index in [2.05, 4.69) is 26.2 Å². The molecule has 3 N–H and O–H groups in total. The second-order valence-electron chi connectivity index (χ2n) is 6.10. The fourth-order valence-corrected chi connectivity index (χ4v) is 3.15. The van der Waals surface area contributed by atoms with Crippen molar-refractivity contribution in [3.05, 3.63) is 80.6 Å². The minimum absolute atomic E-state index is 0. The number of hydrogen-bond acceptors (Lipinski definition) is 5. The summed E-state index contributed by atoms with van der Waals surface area (Å²) >= 11 is 3.36. The third kappa shape index (κ3) is 7.01. The van der Waals surface area contributed by atoms with Gasteiger partial charge in [-0.1, -0.05) is 58.4 Å². The number of hydrogen-bond donors (Lipinski definition) is 3. The number of halogens is 1. The molecule has 0 saturated heterocycles. The predicted octanol–water partition coefficient (Wildman–Crippen LogP) is 0.944. The molecule has 0 aliphatic rings. The Labute approximate surface area is 230 Å². The molecule has 0 unspecified atom stereocenters. The molecule has 2 aromatic carbocycles. The zero-order chi connectivity index (χ0) is 21.0. The number of aromatic nitrogens is 2. The minimum atomic E-state index is -1.28. The molecule has 3 aromatic rings. The van der Waals surface area contributed by atoms with Crippen LogP contribution >= 0.6 is 15.9 Å². The van der Waals surface area contributed by atoms with Gasteiger partial charge in [0, 0.05) is 10.0 Å². The van der Waals surface area contributed by atoms with E-state index in [1.165, 1.54) is 4.57 Å². The third-order valence-electron chi connectivity index (χ3n) is 4.04. The maximum absolute atomic E-state index is 13.1. The summed E-state index contributed by atoms with van der Waals surface area (Å²) in [5.41, 5.74) is -0.0458. The van der Waals surface area contributed by atoms with Crippen molar-refractivity contribution in [1.82, 2.24) is 14.9 Å². The molecule has 0 saturated carbocycles. The number of nitrogens with zero attached hydrogens (tertiary/aromatic N) is 2. The summed E-state index contributed by atoms with van der Waals surface area (Å²) in [5.74, 6) is -2.88. The first-order valence-corrected chi connectivity index (χ1v) is 9.29. The Morgan fingerprint density at radius 2 is 1.74 bits per heavy atom. The number of carboxylic acid groups (broad SMARTS) is 1. The number of carbonyl (C=O) groups is 2. The van der Waals surface area contributed by atoms with E-state index in [9.17, 15) is 19.5 Å². The van der Waals surface area contributed by atoms with Gasteiger partial charge in [0.2, 0.25) is 5.88 Å². The van der Waals surface area contributed by atoms with E-state index in [-0.39, 0.29) is 71.5 Å². The molecule has 11 heteroatoms. The number of amides is 1. The number of carbonyl (C=O) groups excluding carboxylic acids is 1. The molecular formula is C20H18BrN3Na2O5. The molecule has 0 radical (unpaired) electrons. The van der Waals surface area contributed by atoms with Crippen molar-refractivity contribution < 1.29 is 19.8 Å². The van der Waals surface area contributed by atoms with Gasteiger partial charge in [0.15, 0.2) is 5.56 Å². The van der Waals surface area contributed by atoms with Gasteiger partial charge in [-0.25, -0.2) is 0 Å². The molecule has 1 heterocycles.